The molecule has 1 aliphatic rings. The Morgan fingerprint density at radius 3 is 2.80 bits per heavy atom. The Labute approximate surface area is 122 Å². The second-order valence-corrected chi connectivity index (χ2v) is 5.05. The molecular formula is C14H17ClN2O3. The highest BCUT2D eigenvalue weighted by atomic mass is 35.5. The van der Waals surface area contributed by atoms with E-state index in [0.29, 0.717) is 23.7 Å². The number of rotatable bonds is 2. The van der Waals surface area contributed by atoms with Gasteiger partial charge in [0.1, 0.15) is 6.04 Å². The quantitative estimate of drug-likeness (QED) is 0.854. The third-order valence-corrected chi connectivity index (χ3v) is 3.68. The number of hydrogen-bond donors (Lipinski definition) is 1. The molecule has 0 radical (unpaired) electrons. The molecule has 1 aromatic carbocycles. The van der Waals surface area contributed by atoms with Gasteiger partial charge in [-0.15, -0.1) is 0 Å². The molecule has 0 aromatic heterocycles. The molecule has 0 aliphatic carbocycles. The molecule has 1 aromatic rings. The van der Waals surface area contributed by atoms with Gasteiger partial charge >= 0.3 is 12.0 Å². The van der Waals surface area contributed by atoms with Crippen molar-refractivity contribution in [3.05, 3.63) is 29.3 Å². The van der Waals surface area contributed by atoms with Gasteiger partial charge in [0.05, 0.1) is 17.8 Å². The lowest BCUT2D eigenvalue weighted by Gasteiger charge is -2.33. The molecular weight excluding hydrogens is 280 g/mol. The summed E-state index contributed by atoms with van der Waals surface area (Å²) in [6, 6.07) is 6.15. The summed E-state index contributed by atoms with van der Waals surface area (Å²) in [4.78, 5) is 25.5. The van der Waals surface area contributed by atoms with E-state index < -0.39 is 6.04 Å². The summed E-state index contributed by atoms with van der Waals surface area (Å²) >= 11 is 6.01. The first-order valence-electron chi connectivity index (χ1n) is 6.53. The number of amides is 2. The van der Waals surface area contributed by atoms with Crippen LogP contribution in [0.2, 0.25) is 5.02 Å². The molecule has 0 saturated carbocycles. The van der Waals surface area contributed by atoms with Gasteiger partial charge in [0.2, 0.25) is 0 Å². The van der Waals surface area contributed by atoms with Crippen LogP contribution in [0, 0.1) is 0 Å². The molecule has 1 fully saturated rings. The van der Waals surface area contributed by atoms with Crippen LogP contribution in [0.4, 0.5) is 10.5 Å². The van der Waals surface area contributed by atoms with Crippen LogP contribution in [0.5, 0.6) is 0 Å². The molecule has 6 heteroatoms. The van der Waals surface area contributed by atoms with E-state index >= 15 is 0 Å². The van der Waals surface area contributed by atoms with Gasteiger partial charge in [0, 0.05) is 6.54 Å². The monoisotopic (exact) mass is 296 g/mol. The smallest absolute Gasteiger partial charge is 0.328 e. The van der Waals surface area contributed by atoms with Gasteiger partial charge in [0.25, 0.3) is 0 Å². The lowest BCUT2D eigenvalue weighted by atomic mass is 10.0. The van der Waals surface area contributed by atoms with Crippen LogP contribution in [-0.4, -0.2) is 36.6 Å². The predicted octanol–water partition coefficient (Wildman–Crippen LogP) is 2.90. The number of nitrogens with one attached hydrogen (secondary N) is 1. The number of hydrogen-bond acceptors (Lipinski definition) is 3. The number of piperidine rings is 1. The number of methoxy groups -OCH3 is 1. The summed E-state index contributed by atoms with van der Waals surface area (Å²) in [7, 11) is 1.33. The Bertz CT molecular complexity index is 507. The van der Waals surface area contributed by atoms with Crippen molar-refractivity contribution in [2.75, 3.05) is 19.0 Å². The molecule has 0 spiro atoms. The fraction of sp³-hybridized carbons (Fsp3) is 0.429. The predicted molar refractivity (Wildman–Crippen MR) is 76.8 cm³/mol. The van der Waals surface area contributed by atoms with Gasteiger partial charge < -0.3 is 15.0 Å². The van der Waals surface area contributed by atoms with Gasteiger partial charge in [-0.05, 0) is 31.4 Å². The number of likely N-dealkylation sites (tertiary alicyclic amines) is 1. The van der Waals surface area contributed by atoms with Crippen molar-refractivity contribution in [3.8, 4) is 0 Å². The maximum absolute atomic E-state index is 12.3. The molecule has 5 nitrogen and oxygen atoms in total. The number of nitrogens with zero attached hydrogens (tertiary/aromatic N) is 1. The number of ether oxygens (including phenoxy) is 1. The van der Waals surface area contributed by atoms with Crippen molar-refractivity contribution in [2.24, 2.45) is 0 Å². The second kappa shape index (κ2) is 6.61. The maximum Gasteiger partial charge on any atom is 0.328 e. The summed E-state index contributed by atoms with van der Waals surface area (Å²) in [6.45, 7) is 0.538. The summed E-state index contributed by atoms with van der Waals surface area (Å²) < 4.78 is 4.76. The summed E-state index contributed by atoms with van der Waals surface area (Å²) in [5.74, 6) is -0.376. The normalized spacial score (nSPS) is 18.5. The highest BCUT2D eigenvalue weighted by molar-refractivity contribution is 6.33. The Morgan fingerprint density at radius 2 is 2.10 bits per heavy atom. The largest absolute Gasteiger partial charge is 0.467 e. The van der Waals surface area contributed by atoms with Crippen LogP contribution in [0.3, 0.4) is 0 Å². The molecule has 1 heterocycles. The zero-order chi connectivity index (χ0) is 14.5. The van der Waals surface area contributed by atoms with Crippen molar-refractivity contribution >= 4 is 29.3 Å². The van der Waals surface area contributed by atoms with E-state index in [4.69, 9.17) is 16.3 Å². The molecule has 1 atom stereocenters. The number of anilines is 1. The van der Waals surface area contributed by atoms with Crippen LogP contribution < -0.4 is 5.32 Å². The van der Waals surface area contributed by atoms with Crippen molar-refractivity contribution < 1.29 is 14.3 Å². The first-order valence-corrected chi connectivity index (χ1v) is 6.91. The second-order valence-electron chi connectivity index (χ2n) is 4.64. The van der Waals surface area contributed by atoms with Crippen molar-refractivity contribution in [1.82, 2.24) is 4.90 Å². The van der Waals surface area contributed by atoms with Crippen molar-refractivity contribution in [1.29, 1.82) is 0 Å². The fourth-order valence-electron chi connectivity index (χ4n) is 2.31. The first kappa shape index (κ1) is 14.7. The Kier molecular flexibility index (Phi) is 4.84. The molecule has 1 saturated heterocycles. The van der Waals surface area contributed by atoms with Gasteiger partial charge in [0.15, 0.2) is 0 Å². The lowest BCUT2D eigenvalue weighted by Crippen LogP contribution is -2.50. The minimum absolute atomic E-state index is 0.326. The van der Waals surface area contributed by atoms with E-state index in [1.807, 2.05) is 0 Å². The van der Waals surface area contributed by atoms with E-state index in [-0.39, 0.29) is 12.0 Å². The average Bonchev–Trinajstić information content (AvgIpc) is 2.48. The average molecular weight is 297 g/mol. The van der Waals surface area contributed by atoms with E-state index in [0.717, 1.165) is 12.8 Å². The van der Waals surface area contributed by atoms with Crippen molar-refractivity contribution in [2.45, 2.75) is 25.3 Å². The van der Waals surface area contributed by atoms with E-state index in [1.165, 1.54) is 12.0 Å². The summed E-state index contributed by atoms with van der Waals surface area (Å²) in [6.07, 6.45) is 2.42. The summed E-state index contributed by atoms with van der Waals surface area (Å²) in [5.41, 5.74) is 0.536. The standard InChI is InChI=1S/C14H17ClN2O3/c1-20-13(18)12-8-4-5-9-17(12)14(19)16-11-7-3-2-6-10(11)15/h2-3,6-7,12H,4-5,8-9H2,1H3,(H,16,19)/t12-/m1/s1. The molecule has 2 amide bonds. The van der Waals surface area contributed by atoms with Crippen LogP contribution in [0.15, 0.2) is 24.3 Å². The van der Waals surface area contributed by atoms with E-state index in [2.05, 4.69) is 5.32 Å². The molecule has 0 unspecified atom stereocenters. The van der Waals surface area contributed by atoms with E-state index in [1.54, 1.807) is 24.3 Å². The van der Waals surface area contributed by atoms with Gasteiger partial charge in [-0.2, -0.15) is 0 Å². The fourth-order valence-corrected chi connectivity index (χ4v) is 2.49. The van der Waals surface area contributed by atoms with Gasteiger partial charge in [-0.25, -0.2) is 9.59 Å². The Morgan fingerprint density at radius 1 is 1.35 bits per heavy atom. The highest BCUT2D eigenvalue weighted by Gasteiger charge is 2.33. The number of urea groups is 1. The van der Waals surface area contributed by atoms with Gasteiger partial charge in [-0.1, -0.05) is 23.7 Å². The minimum atomic E-state index is -0.517. The van der Waals surface area contributed by atoms with Crippen LogP contribution in [0.25, 0.3) is 0 Å². The molecule has 1 aliphatic heterocycles. The number of carbonyl (C=O) groups is 2. The zero-order valence-electron chi connectivity index (χ0n) is 11.3. The number of para-hydroxylation sites is 1. The molecule has 1 N–H and O–H groups in total. The van der Waals surface area contributed by atoms with Crippen molar-refractivity contribution in [3.63, 3.8) is 0 Å². The Balaban J connectivity index is 2.10. The number of carbonyl (C=O) groups excluding carboxylic acids is 2. The SMILES string of the molecule is COC(=O)[C@H]1CCCCN1C(=O)Nc1ccccc1Cl. The van der Waals surface area contributed by atoms with Gasteiger partial charge in [-0.3, -0.25) is 0 Å². The van der Waals surface area contributed by atoms with Crippen LogP contribution in [0.1, 0.15) is 19.3 Å². The minimum Gasteiger partial charge on any atom is -0.467 e. The topological polar surface area (TPSA) is 58.6 Å². The molecule has 2 rings (SSSR count). The van der Waals surface area contributed by atoms with Crippen LogP contribution in [-0.2, 0) is 9.53 Å². The lowest BCUT2D eigenvalue weighted by molar-refractivity contribution is -0.146. The Hall–Kier alpha value is -1.75. The highest BCUT2D eigenvalue weighted by Crippen LogP contribution is 2.23. The van der Waals surface area contributed by atoms with E-state index in [9.17, 15) is 9.59 Å². The molecule has 108 valence electrons. The molecule has 0 bridgehead atoms. The van der Waals surface area contributed by atoms with Crippen LogP contribution >= 0.6 is 11.6 Å². The number of benzene rings is 1. The maximum atomic E-state index is 12.3. The molecule has 20 heavy (non-hydrogen) atoms. The zero-order valence-corrected chi connectivity index (χ0v) is 12.0. The third kappa shape index (κ3) is 3.22. The third-order valence-electron chi connectivity index (χ3n) is 3.35. The number of esters is 1. The summed E-state index contributed by atoms with van der Waals surface area (Å²) in [5, 5.41) is 3.20. The first-order chi connectivity index (χ1) is 9.63. The number of halogens is 1.